The van der Waals surface area contributed by atoms with E-state index in [4.69, 9.17) is 39.9 Å². The van der Waals surface area contributed by atoms with E-state index in [9.17, 15) is 18.0 Å². The van der Waals surface area contributed by atoms with Crippen molar-refractivity contribution in [3.63, 3.8) is 0 Å². The third-order valence-corrected chi connectivity index (χ3v) is 4.06. The molecule has 0 amide bonds. The molecule has 0 spiro atoms. The molecule has 0 bridgehead atoms. The van der Waals surface area contributed by atoms with Crippen LogP contribution in [-0.2, 0) is 17.4 Å². The molecule has 0 saturated carbocycles. The quantitative estimate of drug-likeness (QED) is 0.725. The maximum Gasteiger partial charge on any atom is 0.418 e. The number of halogens is 6. The molecule has 2 rings (SSSR count). The van der Waals surface area contributed by atoms with Crippen molar-refractivity contribution in [3.05, 3.63) is 50.6 Å². The first-order chi connectivity index (χ1) is 10.6. The molecule has 2 aromatic rings. The fraction of sp³-hybridized carbons (Fsp3) is 0.143. The summed E-state index contributed by atoms with van der Waals surface area (Å²) in [5.74, 6) is -1.41. The van der Waals surface area contributed by atoms with Crippen LogP contribution in [0.1, 0.15) is 11.1 Å². The Balaban J connectivity index is 2.67. The Labute approximate surface area is 143 Å². The third kappa shape index (κ3) is 3.88. The van der Waals surface area contributed by atoms with Gasteiger partial charge in [-0.1, -0.05) is 34.8 Å². The van der Waals surface area contributed by atoms with Gasteiger partial charge in [0.2, 0.25) is 0 Å². The number of alkyl halides is 3. The predicted octanol–water partition coefficient (Wildman–Crippen LogP) is 5.35. The molecule has 0 aliphatic rings. The number of pyridine rings is 1. The van der Waals surface area contributed by atoms with E-state index in [-0.39, 0.29) is 26.3 Å². The lowest BCUT2D eigenvalue weighted by Gasteiger charge is -2.14. The highest BCUT2D eigenvalue weighted by Crippen LogP contribution is 2.40. The average molecular weight is 385 g/mol. The molecule has 0 aliphatic carbocycles. The van der Waals surface area contributed by atoms with Crippen molar-refractivity contribution in [2.24, 2.45) is 0 Å². The molecular weight excluding hydrogens is 378 g/mol. The number of nitrogens with zero attached hydrogens (tertiary/aromatic N) is 1. The summed E-state index contributed by atoms with van der Waals surface area (Å²) in [6, 6.07) is 3.85. The van der Waals surface area contributed by atoms with Crippen molar-refractivity contribution in [1.29, 1.82) is 0 Å². The van der Waals surface area contributed by atoms with Crippen LogP contribution in [-0.4, -0.2) is 16.1 Å². The van der Waals surface area contributed by atoms with E-state index in [1.54, 1.807) is 0 Å². The van der Waals surface area contributed by atoms with Gasteiger partial charge in [0.05, 0.1) is 32.7 Å². The molecule has 0 radical (unpaired) electrons. The summed E-state index contributed by atoms with van der Waals surface area (Å²) < 4.78 is 38.8. The Hall–Kier alpha value is -1.50. The van der Waals surface area contributed by atoms with Crippen molar-refractivity contribution in [2.45, 2.75) is 12.6 Å². The molecule has 3 nitrogen and oxygen atoms in total. The lowest BCUT2D eigenvalue weighted by Crippen LogP contribution is -2.13. The monoisotopic (exact) mass is 383 g/mol. The number of hydrogen-bond acceptors (Lipinski definition) is 2. The Morgan fingerprint density at radius 1 is 1.17 bits per heavy atom. The Morgan fingerprint density at radius 2 is 1.78 bits per heavy atom. The molecule has 9 heteroatoms. The maximum atomic E-state index is 12.9. The smallest absolute Gasteiger partial charge is 0.418 e. The molecule has 0 unspecified atom stereocenters. The zero-order chi connectivity index (χ0) is 17.4. The van der Waals surface area contributed by atoms with Crippen LogP contribution in [0, 0.1) is 0 Å². The SMILES string of the molecule is O=C(O)Cc1cc(-c2c(Cl)ccc(Cl)c2Cl)ncc1C(F)(F)F. The van der Waals surface area contributed by atoms with Gasteiger partial charge in [0.1, 0.15) is 0 Å². The van der Waals surface area contributed by atoms with E-state index >= 15 is 0 Å². The molecule has 122 valence electrons. The Bertz CT molecular complexity index is 779. The Morgan fingerprint density at radius 3 is 2.35 bits per heavy atom. The Kier molecular flexibility index (Phi) is 5.08. The average Bonchev–Trinajstić information content (AvgIpc) is 2.41. The normalized spacial score (nSPS) is 11.6. The molecular formula is C14H7Cl3F3NO2. The van der Waals surface area contributed by atoms with Crippen LogP contribution < -0.4 is 0 Å². The van der Waals surface area contributed by atoms with Crippen LogP contribution in [0.2, 0.25) is 15.1 Å². The van der Waals surface area contributed by atoms with E-state index in [0.29, 0.717) is 6.20 Å². The molecule has 0 saturated heterocycles. The number of carboxylic acid groups (broad SMARTS) is 1. The summed E-state index contributed by atoms with van der Waals surface area (Å²) in [6.07, 6.45) is -4.99. The topological polar surface area (TPSA) is 50.2 Å². The molecule has 0 fully saturated rings. The molecule has 0 atom stereocenters. The van der Waals surface area contributed by atoms with Gasteiger partial charge in [0, 0.05) is 11.8 Å². The lowest BCUT2D eigenvalue weighted by molar-refractivity contribution is -0.139. The van der Waals surface area contributed by atoms with Crippen molar-refractivity contribution in [1.82, 2.24) is 4.98 Å². The zero-order valence-corrected chi connectivity index (χ0v) is 13.4. The van der Waals surface area contributed by atoms with Crippen LogP contribution >= 0.6 is 34.8 Å². The van der Waals surface area contributed by atoms with E-state index in [1.807, 2.05) is 0 Å². The minimum Gasteiger partial charge on any atom is -0.481 e. The van der Waals surface area contributed by atoms with Crippen molar-refractivity contribution < 1.29 is 23.1 Å². The fourth-order valence-electron chi connectivity index (χ4n) is 1.96. The number of hydrogen-bond donors (Lipinski definition) is 1. The van der Waals surface area contributed by atoms with Gasteiger partial charge in [0.25, 0.3) is 0 Å². The zero-order valence-electron chi connectivity index (χ0n) is 11.1. The van der Waals surface area contributed by atoms with Gasteiger partial charge in [-0.15, -0.1) is 0 Å². The minimum atomic E-state index is -4.72. The number of rotatable bonds is 3. The summed E-state index contributed by atoms with van der Waals surface area (Å²) >= 11 is 17.9. The standard InChI is InChI=1S/C14H7Cl3F3NO2/c15-8-1-2-9(16)13(17)12(8)10-3-6(4-11(22)23)7(5-21-10)14(18,19)20/h1-3,5H,4H2,(H,22,23). The van der Waals surface area contributed by atoms with Crippen LogP contribution in [0.15, 0.2) is 24.4 Å². The minimum absolute atomic E-state index is 0.00625. The summed E-state index contributed by atoms with van der Waals surface area (Å²) in [4.78, 5) is 14.5. The van der Waals surface area contributed by atoms with Gasteiger partial charge in [-0.25, -0.2) is 0 Å². The first-order valence-electron chi connectivity index (χ1n) is 6.03. The number of carboxylic acids is 1. The van der Waals surface area contributed by atoms with Crippen molar-refractivity contribution in [3.8, 4) is 11.3 Å². The van der Waals surface area contributed by atoms with Gasteiger partial charge in [-0.2, -0.15) is 13.2 Å². The highest BCUT2D eigenvalue weighted by Gasteiger charge is 2.34. The van der Waals surface area contributed by atoms with Crippen LogP contribution in [0.3, 0.4) is 0 Å². The summed E-state index contributed by atoms with van der Waals surface area (Å²) in [7, 11) is 0. The number of aliphatic carboxylic acids is 1. The van der Waals surface area contributed by atoms with Gasteiger partial charge in [-0.05, 0) is 23.8 Å². The highest BCUT2D eigenvalue weighted by atomic mass is 35.5. The first-order valence-corrected chi connectivity index (χ1v) is 7.16. The lowest BCUT2D eigenvalue weighted by atomic mass is 10.0. The van der Waals surface area contributed by atoms with E-state index in [1.165, 1.54) is 12.1 Å². The van der Waals surface area contributed by atoms with E-state index < -0.39 is 29.7 Å². The molecule has 1 aromatic carbocycles. The van der Waals surface area contributed by atoms with Gasteiger partial charge in [-0.3, -0.25) is 9.78 Å². The van der Waals surface area contributed by atoms with Crippen molar-refractivity contribution in [2.75, 3.05) is 0 Å². The van der Waals surface area contributed by atoms with Crippen LogP contribution in [0.4, 0.5) is 13.2 Å². The number of benzene rings is 1. The predicted molar refractivity (Wildman–Crippen MR) is 81.0 cm³/mol. The fourth-order valence-corrected chi connectivity index (χ4v) is 2.68. The second kappa shape index (κ2) is 6.55. The number of carbonyl (C=O) groups is 1. The van der Waals surface area contributed by atoms with Gasteiger partial charge < -0.3 is 5.11 Å². The molecule has 23 heavy (non-hydrogen) atoms. The molecule has 1 aromatic heterocycles. The van der Waals surface area contributed by atoms with Crippen LogP contribution in [0.5, 0.6) is 0 Å². The summed E-state index contributed by atoms with van der Waals surface area (Å²) in [6.45, 7) is 0. The van der Waals surface area contributed by atoms with Gasteiger partial charge in [0.15, 0.2) is 0 Å². The van der Waals surface area contributed by atoms with Crippen LogP contribution in [0.25, 0.3) is 11.3 Å². The second-order valence-corrected chi connectivity index (χ2v) is 5.71. The number of aromatic nitrogens is 1. The van der Waals surface area contributed by atoms with Gasteiger partial charge >= 0.3 is 12.1 Å². The maximum absolute atomic E-state index is 12.9. The second-order valence-electron chi connectivity index (χ2n) is 4.51. The van der Waals surface area contributed by atoms with Crippen molar-refractivity contribution >= 4 is 40.8 Å². The molecule has 1 N–H and O–H groups in total. The highest BCUT2D eigenvalue weighted by molar-refractivity contribution is 6.46. The third-order valence-electron chi connectivity index (χ3n) is 2.94. The summed E-state index contributed by atoms with van der Waals surface area (Å²) in [5.41, 5.74) is -1.42. The first kappa shape index (κ1) is 17.8. The molecule has 0 aliphatic heterocycles. The molecule has 1 heterocycles. The largest absolute Gasteiger partial charge is 0.481 e. The van der Waals surface area contributed by atoms with E-state index in [2.05, 4.69) is 4.98 Å². The van der Waals surface area contributed by atoms with E-state index in [0.717, 1.165) is 6.07 Å². The summed E-state index contributed by atoms with van der Waals surface area (Å²) in [5, 5.41) is 9.11.